The van der Waals surface area contributed by atoms with Gasteiger partial charge in [0.1, 0.15) is 21.3 Å². The van der Waals surface area contributed by atoms with Crippen molar-refractivity contribution in [3.8, 4) is 11.6 Å². The van der Waals surface area contributed by atoms with E-state index in [-0.39, 0.29) is 29.5 Å². The van der Waals surface area contributed by atoms with E-state index in [1.165, 1.54) is 15.4 Å². The third-order valence-corrected chi connectivity index (χ3v) is 7.33. The first kappa shape index (κ1) is 24.2. The molecule has 3 heterocycles. The molecule has 0 bridgehead atoms. The smallest absolute Gasteiger partial charge is 0.269 e. The number of hydrogen-bond acceptors (Lipinski definition) is 6. The molecule has 0 N–H and O–H groups in total. The van der Waals surface area contributed by atoms with E-state index in [4.69, 9.17) is 28.6 Å². The second-order valence-electron chi connectivity index (χ2n) is 8.35. The molecule has 1 aliphatic rings. The van der Waals surface area contributed by atoms with Crippen LogP contribution in [0.25, 0.3) is 11.7 Å². The molecule has 36 heavy (non-hydrogen) atoms. The van der Waals surface area contributed by atoms with Gasteiger partial charge in [-0.25, -0.2) is 0 Å². The van der Waals surface area contributed by atoms with Crippen LogP contribution >= 0.6 is 35.6 Å². The first-order valence-electron chi connectivity index (χ1n) is 11.1. The summed E-state index contributed by atoms with van der Waals surface area (Å²) in [5.74, 6) is 0.369. The summed E-state index contributed by atoms with van der Waals surface area (Å²) in [6.07, 6.45) is 3.14. The molecule has 5 rings (SSSR count). The molecular formula is C27H20ClN3O3S2. The van der Waals surface area contributed by atoms with Gasteiger partial charge in [0.25, 0.3) is 11.5 Å². The van der Waals surface area contributed by atoms with E-state index in [1.54, 1.807) is 30.5 Å². The number of fused-ring (bicyclic) bond motifs is 1. The van der Waals surface area contributed by atoms with Crippen LogP contribution in [0, 0.1) is 13.8 Å². The zero-order valence-electron chi connectivity index (χ0n) is 19.4. The molecule has 9 heteroatoms. The summed E-state index contributed by atoms with van der Waals surface area (Å²) in [6, 6.07) is 18.3. The molecule has 0 aliphatic carbocycles. The molecule has 0 saturated carbocycles. The highest BCUT2D eigenvalue weighted by molar-refractivity contribution is 8.26. The zero-order valence-corrected chi connectivity index (χ0v) is 21.8. The van der Waals surface area contributed by atoms with Crippen molar-refractivity contribution in [1.29, 1.82) is 0 Å². The quantitative estimate of drug-likeness (QED) is 0.226. The number of rotatable bonds is 5. The first-order valence-corrected chi connectivity index (χ1v) is 12.7. The van der Waals surface area contributed by atoms with Gasteiger partial charge in [0.15, 0.2) is 0 Å². The van der Waals surface area contributed by atoms with Crippen molar-refractivity contribution in [2.45, 2.75) is 20.4 Å². The minimum atomic E-state index is -0.351. The van der Waals surface area contributed by atoms with Gasteiger partial charge in [-0.05, 0) is 66.9 Å². The zero-order chi connectivity index (χ0) is 25.4. The van der Waals surface area contributed by atoms with E-state index in [0.717, 1.165) is 28.5 Å². The highest BCUT2D eigenvalue weighted by Crippen LogP contribution is 2.35. The van der Waals surface area contributed by atoms with E-state index < -0.39 is 0 Å². The average Bonchev–Trinajstić information content (AvgIpc) is 3.09. The summed E-state index contributed by atoms with van der Waals surface area (Å²) in [4.78, 5) is 33.2. The molecule has 1 fully saturated rings. The van der Waals surface area contributed by atoms with Gasteiger partial charge in [0, 0.05) is 11.2 Å². The number of thioether (sulfide) groups is 1. The number of carbonyl (C=O) groups excluding carboxylic acids is 1. The number of hydrogen-bond donors (Lipinski definition) is 0. The Kier molecular flexibility index (Phi) is 6.66. The SMILES string of the molecule is Cc1cc(C)cc(Oc2nc3ccccn3c(=O)c2/C=C2/SC(=S)N(Cc3ccccc3Cl)C2=O)c1. The summed E-state index contributed by atoms with van der Waals surface area (Å²) < 4.78 is 7.92. The number of thiocarbonyl (C=S) groups is 1. The molecule has 2 aromatic carbocycles. The van der Waals surface area contributed by atoms with Crippen LogP contribution in [0.1, 0.15) is 22.3 Å². The molecule has 2 aromatic heterocycles. The third kappa shape index (κ3) is 4.80. The lowest BCUT2D eigenvalue weighted by Crippen LogP contribution is -2.27. The Hall–Kier alpha value is -3.46. The number of amides is 1. The van der Waals surface area contributed by atoms with Crippen molar-refractivity contribution in [3.05, 3.63) is 109 Å². The van der Waals surface area contributed by atoms with Crippen LogP contribution in [0.2, 0.25) is 5.02 Å². The van der Waals surface area contributed by atoms with Crippen LogP contribution in [0.15, 0.2) is 76.6 Å². The highest BCUT2D eigenvalue weighted by Gasteiger charge is 2.33. The number of nitrogens with zero attached hydrogens (tertiary/aromatic N) is 3. The Balaban J connectivity index is 1.57. The van der Waals surface area contributed by atoms with Crippen molar-refractivity contribution >= 4 is 57.5 Å². The molecule has 6 nitrogen and oxygen atoms in total. The molecule has 180 valence electrons. The van der Waals surface area contributed by atoms with Crippen LogP contribution in [0.3, 0.4) is 0 Å². The predicted octanol–water partition coefficient (Wildman–Crippen LogP) is 6.16. The molecule has 1 aliphatic heterocycles. The lowest BCUT2D eigenvalue weighted by atomic mass is 10.1. The Labute approximate surface area is 222 Å². The minimum absolute atomic E-state index is 0.118. The molecule has 0 unspecified atom stereocenters. The number of benzene rings is 2. The van der Waals surface area contributed by atoms with E-state index >= 15 is 0 Å². The van der Waals surface area contributed by atoms with Gasteiger partial charge in [-0.15, -0.1) is 0 Å². The van der Waals surface area contributed by atoms with Gasteiger partial charge < -0.3 is 4.74 Å². The maximum Gasteiger partial charge on any atom is 0.269 e. The van der Waals surface area contributed by atoms with Crippen molar-refractivity contribution in [3.63, 3.8) is 0 Å². The van der Waals surface area contributed by atoms with E-state index in [2.05, 4.69) is 4.98 Å². The van der Waals surface area contributed by atoms with Crippen molar-refractivity contribution < 1.29 is 9.53 Å². The summed E-state index contributed by atoms with van der Waals surface area (Å²) >= 11 is 12.9. The Morgan fingerprint density at radius 1 is 1.06 bits per heavy atom. The van der Waals surface area contributed by atoms with Gasteiger partial charge in [-0.1, -0.05) is 65.9 Å². The van der Waals surface area contributed by atoms with Crippen LogP contribution in [0.5, 0.6) is 11.6 Å². The Morgan fingerprint density at radius 2 is 1.78 bits per heavy atom. The van der Waals surface area contributed by atoms with Gasteiger partial charge in [-0.3, -0.25) is 18.9 Å². The lowest BCUT2D eigenvalue weighted by molar-refractivity contribution is -0.122. The molecule has 0 spiro atoms. The van der Waals surface area contributed by atoms with Crippen LogP contribution in [0.4, 0.5) is 0 Å². The second kappa shape index (κ2) is 9.89. The number of ether oxygens (including phenoxy) is 1. The third-order valence-electron chi connectivity index (χ3n) is 5.58. The number of carbonyl (C=O) groups is 1. The summed E-state index contributed by atoms with van der Waals surface area (Å²) in [7, 11) is 0. The van der Waals surface area contributed by atoms with Crippen molar-refractivity contribution in [2.75, 3.05) is 0 Å². The van der Waals surface area contributed by atoms with Crippen molar-refractivity contribution in [1.82, 2.24) is 14.3 Å². The topological polar surface area (TPSA) is 63.9 Å². The van der Waals surface area contributed by atoms with Crippen LogP contribution < -0.4 is 10.3 Å². The fraction of sp³-hybridized carbons (Fsp3) is 0.111. The molecule has 0 atom stereocenters. The average molecular weight is 534 g/mol. The largest absolute Gasteiger partial charge is 0.438 e. The summed E-state index contributed by atoms with van der Waals surface area (Å²) in [6.45, 7) is 4.17. The predicted molar refractivity (Wildman–Crippen MR) is 148 cm³/mol. The molecule has 1 amide bonds. The monoisotopic (exact) mass is 533 g/mol. The number of pyridine rings is 1. The van der Waals surface area contributed by atoms with E-state index in [1.807, 2.05) is 50.2 Å². The fourth-order valence-electron chi connectivity index (χ4n) is 3.95. The summed E-state index contributed by atoms with van der Waals surface area (Å²) in [5, 5.41) is 0.552. The Bertz CT molecular complexity index is 1610. The lowest BCUT2D eigenvalue weighted by Gasteiger charge is -2.15. The first-order chi connectivity index (χ1) is 17.3. The maximum absolute atomic E-state index is 13.5. The normalized spacial score (nSPS) is 14.8. The molecule has 1 saturated heterocycles. The van der Waals surface area contributed by atoms with Gasteiger partial charge in [0.2, 0.25) is 5.88 Å². The van der Waals surface area contributed by atoms with Crippen molar-refractivity contribution in [2.24, 2.45) is 0 Å². The standard InChI is InChI=1S/C27H20ClN3O3S2/c1-16-11-17(2)13-19(12-16)34-24-20(25(32)30-10-6-5-9-23(30)29-24)14-22-26(33)31(27(35)36-22)15-18-7-3-4-8-21(18)28/h3-14H,15H2,1-2H3/b22-14+. The molecule has 4 aromatic rings. The van der Waals surface area contributed by atoms with Gasteiger partial charge >= 0.3 is 0 Å². The molecule has 0 radical (unpaired) electrons. The van der Waals surface area contributed by atoms with Crippen LogP contribution in [-0.2, 0) is 11.3 Å². The van der Waals surface area contributed by atoms with E-state index in [0.29, 0.717) is 25.6 Å². The fourth-order valence-corrected chi connectivity index (χ4v) is 5.38. The second-order valence-corrected chi connectivity index (χ2v) is 10.4. The number of aromatic nitrogens is 2. The number of aryl methyl sites for hydroxylation is 2. The highest BCUT2D eigenvalue weighted by atomic mass is 35.5. The summed E-state index contributed by atoms with van der Waals surface area (Å²) in [5.41, 5.74) is 3.06. The maximum atomic E-state index is 13.5. The van der Waals surface area contributed by atoms with Gasteiger partial charge in [-0.2, -0.15) is 4.98 Å². The molecular weight excluding hydrogens is 514 g/mol. The number of halogens is 1. The minimum Gasteiger partial charge on any atom is -0.438 e. The van der Waals surface area contributed by atoms with E-state index in [9.17, 15) is 9.59 Å². The Morgan fingerprint density at radius 3 is 2.53 bits per heavy atom. The van der Waals surface area contributed by atoms with Crippen LogP contribution in [-0.4, -0.2) is 24.5 Å². The van der Waals surface area contributed by atoms with Gasteiger partial charge in [0.05, 0.1) is 11.4 Å².